The minimum absolute atomic E-state index is 0.152. The molecule has 2 unspecified atom stereocenters. The highest BCUT2D eigenvalue weighted by Gasteiger charge is 2.32. The van der Waals surface area contributed by atoms with E-state index >= 15 is 0 Å². The summed E-state index contributed by atoms with van der Waals surface area (Å²) in [6.07, 6.45) is -0.375. The minimum Gasteiger partial charge on any atom is -0.493 e. The summed E-state index contributed by atoms with van der Waals surface area (Å²) in [7, 11) is -0.564. The van der Waals surface area contributed by atoms with E-state index in [-0.39, 0.29) is 23.0 Å². The van der Waals surface area contributed by atoms with E-state index in [0.29, 0.717) is 53.9 Å². The van der Waals surface area contributed by atoms with Gasteiger partial charge in [-0.1, -0.05) is 25.2 Å². The second-order valence-electron chi connectivity index (χ2n) is 9.76. The van der Waals surface area contributed by atoms with Gasteiger partial charge in [-0.3, -0.25) is 9.69 Å². The Balaban J connectivity index is 1.64. The lowest BCUT2D eigenvalue weighted by Crippen LogP contribution is -2.48. The number of amides is 1. The van der Waals surface area contributed by atoms with Crippen molar-refractivity contribution in [3.05, 3.63) is 42.0 Å². The van der Waals surface area contributed by atoms with Crippen LogP contribution in [0.25, 0.3) is 10.2 Å². The van der Waals surface area contributed by atoms with Crippen molar-refractivity contribution in [2.75, 3.05) is 58.4 Å². The number of thiazole rings is 1. The number of nitrogens with zero attached hydrogens (tertiary/aromatic N) is 4. The molecule has 12 heteroatoms. The van der Waals surface area contributed by atoms with Crippen LogP contribution in [-0.4, -0.2) is 94.2 Å². The zero-order chi connectivity index (χ0) is 29.0. The molecule has 1 aliphatic rings. The highest BCUT2D eigenvalue weighted by Crippen LogP contribution is 2.37. The largest absolute Gasteiger partial charge is 0.493 e. The number of carbonyl (C=O) groups excluding carboxylic acids is 1. The van der Waals surface area contributed by atoms with Crippen LogP contribution in [0.4, 0.5) is 5.13 Å². The molecule has 10 nitrogen and oxygen atoms in total. The Morgan fingerprint density at radius 2 is 1.62 bits per heavy atom. The van der Waals surface area contributed by atoms with Crippen LogP contribution >= 0.6 is 11.3 Å². The van der Waals surface area contributed by atoms with Crippen molar-refractivity contribution in [1.29, 1.82) is 0 Å². The smallest absolute Gasteiger partial charge is 0.260 e. The number of likely N-dealkylation sites (N-methyl/N-ethyl adjacent to an activating group) is 1. The first kappa shape index (κ1) is 30.2. The van der Waals surface area contributed by atoms with Gasteiger partial charge in [-0.25, -0.2) is 13.4 Å². The van der Waals surface area contributed by atoms with Gasteiger partial charge in [-0.15, -0.1) is 0 Å². The molecule has 1 aliphatic heterocycles. The summed E-state index contributed by atoms with van der Waals surface area (Å²) in [5, 5.41) is 0.551. The molecule has 0 aliphatic carbocycles. The van der Waals surface area contributed by atoms with Gasteiger partial charge >= 0.3 is 0 Å². The Bertz CT molecular complexity index is 1370. The van der Waals surface area contributed by atoms with E-state index < -0.39 is 10.0 Å². The van der Waals surface area contributed by atoms with E-state index in [9.17, 15) is 13.2 Å². The van der Waals surface area contributed by atoms with E-state index in [4.69, 9.17) is 19.2 Å². The molecule has 218 valence electrons. The number of sulfonamides is 1. The van der Waals surface area contributed by atoms with Crippen LogP contribution in [0.3, 0.4) is 0 Å². The summed E-state index contributed by atoms with van der Waals surface area (Å²) in [6, 6.07) is 9.82. The number of aromatic nitrogens is 1. The van der Waals surface area contributed by atoms with Crippen LogP contribution in [0.5, 0.6) is 11.5 Å². The summed E-state index contributed by atoms with van der Waals surface area (Å²) >= 11 is 1.40. The van der Waals surface area contributed by atoms with Crippen molar-refractivity contribution in [3.63, 3.8) is 0 Å². The normalized spacial score (nSPS) is 18.3. The maximum Gasteiger partial charge on any atom is 0.260 e. The maximum absolute atomic E-state index is 13.9. The third kappa shape index (κ3) is 6.41. The predicted octanol–water partition coefficient (Wildman–Crippen LogP) is 4.10. The van der Waals surface area contributed by atoms with E-state index in [1.54, 1.807) is 37.3 Å². The van der Waals surface area contributed by atoms with Gasteiger partial charge in [-0.2, -0.15) is 4.31 Å². The molecule has 0 spiro atoms. The van der Waals surface area contributed by atoms with Gasteiger partial charge in [-0.05, 0) is 51.2 Å². The predicted molar refractivity (Wildman–Crippen MR) is 157 cm³/mol. The van der Waals surface area contributed by atoms with Crippen LogP contribution in [-0.2, 0) is 14.8 Å². The number of rotatable bonds is 11. The number of carbonyl (C=O) groups is 1. The number of benzene rings is 2. The number of hydrogen-bond donors (Lipinski definition) is 0. The maximum atomic E-state index is 13.9. The standard InChI is InChI=1S/C28H38N4O6S2/c1-7-30(8-2)13-14-32(28-29-23-15-24(36-5)25(37-6)16-26(23)39-28)27(33)21-9-11-22(12-10-21)40(34,35)31-17-19(3)38-20(4)18-31/h9-12,15-16,19-20H,7-8,13-14,17-18H2,1-6H3. The molecular formula is C28H38N4O6S2. The first-order valence-corrected chi connectivity index (χ1v) is 15.7. The fourth-order valence-electron chi connectivity index (χ4n) is 4.83. The lowest BCUT2D eigenvalue weighted by Gasteiger charge is -2.34. The van der Waals surface area contributed by atoms with Crippen LogP contribution in [0.15, 0.2) is 41.3 Å². The molecular weight excluding hydrogens is 552 g/mol. The van der Waals surface area contributed by atoms with E-state index in [1.165, 1.54) is 27.8 Å². The fourth-order valence-corrected chi connectivity index (χ4v) is 7.42. The summed E-state index contributed by atoms with van der Waals surface area (Å²) < 4.78 is 45.5. The second-order valence-corrected chi connectivity index (χ2v) is 12.7. The number of hydrogen-bond acceptors (Lipinski definition) is 9. The molecule has 0 bridgehead atoms. The first-order valence-electron chi connectivity index (χ1n) is 13.4. The highest BCUT2D eigenvalue weighted by atomic mass is 32.2. The molecule has 1 amide bonds. The lowest BCUT2D eigenvalue weighted by atomic mass is 10.2. The molecule has 2 heterocycles. The summed E-state index contributed by atoms with van der Waals surface area (Å²) in [5.41, 5.74) is 1.09. The molecule has 2 atom stereocenters. The average molecular weight is 591 g/mol. The quantitative estimate of drug-likeness (QED) is 0.329. The number of morpholine rings is 1. The minimum atomic E-state index is -3.71. The van der Waals surface area contributed by atoms with Gasteiger partial charge < -0.3 is 19.1 Å². The Morgan fingerprint density at radius 1 is 1.02 bits per heavy atom. The molecule has 3 aromatic rings. The molecule has 4 rings (SSSR count). The van der Waals surface area contributed by atoms with Gasteiger partial charge in [0.2, 0.25) is 10.0 Å². The number of fused-ring (bicyclic) bond motifs is 1. The Hall–Kier alpha value is -2.77. The van der Waals surface area contributed by atoms with Gasteiger partial charge in [0.25, 0.3) is 5.91 Å². The van der Waals surface area contributed by atoms with Crippen molar-refractivity contribution in [3.8, 4) is 11.5 Å². The van der Waals surface area contributed by atoms with Crippen molar-refractivity contribution < 1.29 is 27.4 Å². The first-order chi connectivity index (χ1) is 19.1. The van der Waals surface area contributed by atoms with Crippen molar-refractivity contribution in [2.45, 2.75) is 44.8 Å². The SMILES string of the molecule is CCN(CC)CCN(C(=O)c1ccc(S(=O)(=O)N2CC(C)OC(C)C2)cc1)c1nc2cc(OC)c(OC)cc2s1. The van der Waals surface area contributed by atoms with Crippen LogP contribution in [0.2, 0.25) is 0 Å². The topological polar surface area (TPSA) is 102 Å². The zero-order valence-electron chi connectivity index (χ0n) is 23.9. The monoisotopic (exact) mass is 590 g/mol. The number of methoxy groups -OCH3 is 2. The van der Waals surface area contributed by atoms with Crippen molar-refractivity contribution in [1.82, 2.24) is 14.2 Å². The molecule has 40 heavy (non-hydrogen) atoms. The fraction of sp³-hybridized carbons (Fsp3) is 0.500. The van der Waals surface area contributed by atoms with Gasteiger partial charge in [0, 0.05) is 43.9 Å². The highest BCUT2D eigenvalue weighted by molar-refractivity contribution is 7.89. The molecule has 1 aromatic heterocycles. The second kappa shape index (κ2) is 12.8. The number of ether oxygens (including phenoxy) is 3. The van der Waals surface area contributed by atoms with E-state index in [2.05, 4.69) is 18.7 Å². The molecule has 1 fully saturated rings. The van der Waals surface area contributed by atoms with Crippen molar-refractivity contribution in [2.24, 2.45) is 0 Å². The lowest BCUT2D eigenvalue weighted by molar-refractivity contribution is -0.0440. The molecule has 0 radical (unpaired) electrons. The van der Waals surface area contributed by atoms with Crippen molar-refractivity contribution >= 4 is 42.6 Å². The third-order valence-corrected chi connectivity index (χ3v) is 9.90. The molecule has 0 N–H and O–H groups in total. The summed E-state index contributed by atoms with van der Waals surface area (Å²) in [4.78, 5) is 22.7. The third-order valence-electron chi connectivity index (χ3n) is 7.02. The Morgan fingerprint density at radius 3 is 2.20 bits per heavy atom. The molecule has 2 aromatic carbocycles. The van der Waals surface area contributed by atoms with Gasteiger partial charge in [0.15, 0.2) is 16.6 Å². The van der Waals surface area contributed by atoms with Crippen LogP contribution < -0.4 is 14.4 Å². The summed E-state index contributed by atoms with van der Waals surface area (Å²) in [5.74, 6) is 0.906. The van der Waals surface area contributed by atoms with Crippen LogP contribution in [0.1, 0.15) is 38.1 Å². The molecule has 1 saturated heterocycles. The average Bonchev–Trinajstić information content (AvgIpc) is 3.36. The Kier molecular flexibility index (Phi) is 9.68. The van der Waals surface area contributed by atoms with Gasteiger partial charge in [0.1, 0.15) is 0 Å². The number of anilines is 1. The van der Waals surface area contributed by atoms with E-state index in [1.807, 2.05) is 19.9 Å². The summed E-state index contributed by atoms with van der Waals surface area (Å²) in [6.45, 7) is 11.3. The molecule has 0 saturated carbocycles. The zero-order valence-corrected chi connectivity index (χ0v) is 25.5. The van der Waals surface area contributed by atoms with Crippen LogP contribution in [0, 0.1) is 0 Å². The van der Waals surface area contributed by atoms with E-state index in [0.717, 1.165) is 17.8 Å². The van der Waals surface area contributed by atoms with Gasteiger partial charge in [0.05, 0.1) is 41.5 Å². The Labute approximate surface area is 240 Å².